The van der Waals surface area contributed by atoms with Crippen LogP contribution < -0.4 is 20.9 Å². The summed E-state index contributed by atoms with van der Waals surface area (Å²) in [5.41, 5.74) is 3.58. The van der Waals surface area contributed by atoms with Crippen molar-refractivity contribution in [1.29, 1.82) is 0 Å². The maximum Gasteiger partial charge on any atom is 0.255 e. The average molecular weight is 511 g/mol. The van der Waals surface area contributed by atoms with E-state index in [1.54, 1.807) is 65.7 Å². The molecule has 4 aromatic rings. The van der Waals surface area contributed by atoms with Crippen molar-refractivity contribution in [3.63, 3.8) is 0 Å². The summed E-state index contributed by atoms with van der Waals surface area (Å²) in [4.78, 5) is 54.4. The van der Waals surface area contributed by atoms with Crippen molar-refractivity contribution >= 4 is 39.9 Å². The lowest BCUT2D eigenvalue weighted by atomic mass is 9.96. The summed E-state index contributed by atoms with van der Waals surface area (Å²) >= 11 is 0. The quantitative estimate of drug-likeness (QED) is 0.376. The van der Waals surface area contributed by atoms with E-state index in [-0.39, 0.29) is 23.3 Å². The number of anilines is 2. The number of carbonyl (C=O) groups is 3. The lowest BCUT2D eigenvalue weighted by Gasteiger charge is -2.29. The summed E-state index contributed by atoms with van der Waals surface area (Å²) in [5, 5.41) is 6.83. The Morgan fingerprint density at radius 1 is 0.921 bits per heavy atom. The maximum atomic E-state index is 13.3. The number of nitrogens with zero attached hydrogens (tertiary/aromatic N) is 1. The molecule has 0 saturated carbocycles. The molecular weight excluding hydrogens is 484 g/mol. The first-order chi connectivity index (χ1) is 18.3. The van der Waals surface area contributed by atoms with E-state index in [1.807, 2.05) is 6.07 Å². The van der Waals surface area contributed by atoms with E-state index in [4.69, 9.17) is 4.74 Å². The molecule has 0 bridgehead atoms. The molecule has 0 unspecified atom stereocenters. The van der Waals surface area contributed by atoms with Crippen LogP contribution >= 0.6 is 0 Å². The zero-order valence-electron chi connectivity index (χ0n) is 21.0. The Bertz CT molecular complexity index is 1640. The van der Waals surface area contributed by atoms with E-state index in [0.29, 0.717) is 53.1 Å². The zero-order chi connectivity index (χ0) is 26.8. The Morgan fingerprint density at radius 2 is 1.74 bits per heavy atom. The molecule has 2 heterocycles. The van der Waals surface area contributed by atoms with Crippen LogP contribution in [0.3, 0.4) is 0 Å². The summed E-state index contributed by atoms with van der Waals surface area (Å²) in [5.74, 6) is -0.285. The minimum Gasteiger partial charge on any atom is -0.495 e. The van der Waals surface area contributed by atoms with Gasteiger partial charge in [-0.25, -0.2) is 0 Å². The average Bonchev–Trinajstić information content (AvgIpc) is 2.92. The van der Waals surface area contributed by atoms with Gasteiger partial charge in [-0.15, -0.1) is 0 Å². The molecule has 1 aliphatic heterocycles. The molecular formula is C29H26N4O5. The van der Waals surface area contributed by atoms with Gasteiger partial charge in [-0.2, -0.15) is 0 Å². The van der Waals surface area contributed by atoms with Crippen LogP contribution in [0, 0.1) is 0 Å². The van der Waals surface area contributed by atoms with Crippen molar-refractivity contribution in [2.75, 3.05) is 24.3 Å². The lowest BCUT2D eigenvalue weighted by molar-refractivity contribution is -0.114. The predicted molar refractivity (Wildman–Crippen MR) is 145 cm³/mol. The molecule has 0 radical (unpaired) electrons. The monoisotopic (exact) mass is 510 g/mol. The first-order valence-corrected chi connectivity index (χ1v) is 12.1. The van der Waals surface area contributed by atoms with Crippen molar-refractivity contribution in [2.45, 2.75) is 19.9 Å². The topological polar surface area (TPSA) is 121 Å². The molecule has 1 aromatic heterocycles. The number of aromatic amines is 1. The fourth-order valence-electron chi connectivity index (χ4n) is 4.65. The highest BCUT2D eigenvalue weighted by atomic mass is 16.5. The van der Waals surface area contributed by atoms with Crippen LogP contribution in [0.5, 0.6) is 5.75 Å². The Labute approximate surface area is 218 Å². The molecule has 1 aliphatic rings. The van der Waals surface area contributed by atoms with E-state index in [2.05, 4.69) is 15.6 Å². The normalized spacial score (nSPS) is 12.5. The number of aromatic nitrogens is 1. The molecule has 0 atom stereocenters. The second-order valence-corrected chi connectivity index (χ2v) is 9.12. The van der Waals surface area contributed by atoms with Crippen molar-refractivity contribution in [3.05, 3.63) is 99.5 Å². The fourth-order valence-corrected chi connectivity index (χ4v) is 4.65. The zero-order valence-corrected chi connectivity index (χ0v) is 21.0. The Balaban J connectivity index is 1.34. The number of nitrogens with one attached hydrogen (secondary N) is 3. The number of rotatable bonds is 5. The second kappa shape index (κ2) is 10.2. The minimum atomic E-state index is -0.307. The van der Waals surface area contributed by atoms with Crippen LogP contribution in [0.4, 0.5) is 11.4 Å². The lowest BCUT2D eigenvalue weighted by Crippen LogP contribution is -2.36. The number of H-pyrrole nitrogens is 1. The number of hydrogen-bond donors (Lipinski definition) is 3. The predicted octanol–water partition coefficient (Wildman–Crippen LogP) is 3.95. The van der Waals surface area contributed by atoms with Crippen LogP contribution in [-0.2, 0) is 17.8 Å². The van der Waals surface area contributed by atoms with Crippen molar-refractivity contribution in [3.8, 4) is 5.75 Å². The van der Waals surface area contributed by atoms with E-state index in [9.17, 15) is 19.2 Å². The van der Waals surface area contributed by atoms with Crippen LogP contribution in [-0.4, -0.2) is 41.3 Å². The standard InChI is InChI=1S/C29H26N4O5/c1-17(34)31-25-14-21(6-8-26(25)38-2)29(37)33-12-10-18-3-4-20(13-22(18)16-33)27(35)32-23-7-5-19-9-11-30-28(36)24(19)15-23/h3-9,11,13-15H,10,12,16H2,1-2H3,(H,30,36)(H,31,34)(H,32,35). The molecule has 3 amide bonds. The molecule has 9 nitrogen and oxygen atoms in total. The van der Waals surface area contributed by atoms with Crippen LogP contribution in [0.25, 0.3) is 10.8 Å². The third-order valence-corrected chi connectivity index (χ3v) is 6.56. The van der Waals surface area contributed by atoms with Crippen LogP contribution in [0.1, 0.15) is 38.8 Å². The van der Waals surface area contributed by atoms with Gasteiger partial charge in [-0.3, -0.25) is 19.2 Å². The number of carbonyl (C=O) groups excluding carboxylic acids is 3. The smallest absolute Gasteiger partial charge is 0.255 e. The van der Waals surface area contributed by atoms with Gasteiger partial charge in [0.1, 0.15) is 5.75 Å². The first kappa shape index (κ1) is 24.8. The summed E-state index contributed by atoms with van der Waals surface area (Å²) < 4.78 is 5.28. The van der Waals surface area contributed by atoms with Gasteiger partial charge in [0.25, 0.3) is 17.4 Å². The Kier molecular flexibility index (Phi) is 6.66. The number of hydrogen-bond acceptors (Lipinski definition) is 5. The van der Waals surface area contributed by atoms with E-state index < -0.39 is 0 Å². The van der Waals surface area contributed by atoms with Gasteiger partial charge < -0.3 is 25.3 Å². The number of methoxy groups -OCH3 is 1. The molecule has 38 heavy (non-hydrogen) atoms. The van der Waals surface area contributed by atoms with Crippen molar-refractivity contribution < 1.29 is 19.1 Å². The molecule has 3 N–H and O–H groups in total. The molecule has 5 rings (SSSR count). The van der Waals surface area contributed by atoms with Gasteiger partial charge in [0, 0.05) is 48.4 Å². The van der Waals surface area contributed by atoms with Crippen molar-refractivity contribution in [2.24, 2.45) is 0 Å². The highest BCUT2D eigenvalue weighted by Gasteiger charge is 2.24. The summed E-state index contributed by atoms with van der Waals surface area (Å²) in [6, 6.07) is 17.4. The van der Waals surface area contributed by atoms with Gasteiger partial charge in [0.05, 0.1) is 12.8 Å². The number of pyridine rings is 1. The number of ether oxygens (including phenoxy) is 1. The highest BCUT2D eigenvalue weighted by Crippen LogP contribution is 2.28. The number of fused-ring (bicyclic) bond motifs is 2. The molecule has 0 fully saturated rings. The summed E-state index contributed by atoms with van der Waals surface area (Å²) in [6.45, 7) is 2.27. The van der Waals surface area contributed by atoms with Gasteiger partial charge in [0.15, 0.2) is 0 Å². The SMILES string of the molecule is COc1ccc(C(=O)N2CCc3ccc(C(=O)Nc4ccc5cc[nH]c(=O)c5c4)cc3C2)cc1NC(C)=O. The van der Waals surface area contributed by atoms with E-state index in [0.717, 1.165) is 16.5 Å². The molecule has 9 heteroatoms. The molecule has 192 valence electrons. The third kappa shape index (κ3) is 4.99. The minimum absolute atomic E-state index is 0.179. The largest absolute Gasteiger partial charge is 0.495 e. The van der Waals surface area contributed by atoms with Crippen LogP contribution in [0.2, 0.25) is 0 Å². The molecule has 0 aliphatic carbocycles. The van der Waals surface area contributed by atoms with Gasteiger partial charge in [-0.05, 0) is 71.5 Å². The maximum absolute atomic E-state index is 13.3. The molecule has 3 aromatic carbocycles. The van der Waals surface area contributed by atoms with Crippen LogP contribution in [0.15, 0.2) is 71.7 Å². The molecule has 0 spiro atoms. The Morgan fingerprint density at radius 3 is 2.53 bits per heavy atom. The Hall–Kier alpha value is -4.92. The fraction of sp³-hybridized carbons (Fsp3) is 0.172. The number of benzene rings is 3. The van der Waals surface area contributed by atoms with E-state index >= 15 is 0 Å². The van der Waals surface area contributed by atoms with E-state index in [1.165, 1.54) is 14.0 Å². The summed E-state index contributed by atoms with van der Waals surface area (Å²) in [6.07, 6.45) is 2.24. The first-order valence-electron chi connectivity index (χ1n) is 12.1. The van der Waals surface area contributed by atoms with Gasteiger partial charge >= 0.3 is 0 Å². The highest BCUT2D eigenvalue weighted by molar-refractivity contribution is 6.05. The van der Waals surface area contributed by atoms with Gasteiger partial charge in [0.2, 0.25) is 5.91 Å². The second-order valence-electron chi connectivity index (χ2n) is 9.12. The van der Waals surface area contributed by atoms with Gasteiger partial charge in [-0.1, -0.05) is 12.1 Å². The number of amides is 3. The molecule has 0 saturated heterocycles. The van der Waals surface area contributed by atoms with Crippen molar-refractivity contribution in [1.82, 2.24) is 9.88 Å². The third-order valence-electron chi connectivity index (χ3n) is 6.56. The summed E-state index contributed by atoms with van der Waals surface area (Å²) in [7, 11) is 1.50.